The van der Waals surface area contributed by atoms with E-state index in [-0.39, 0.29) is 23.4 Å². The molecule has 1 heterocycles. The number of nitrogens with one attached hydrogen (secondary N) is 1. The van der Waals surface area contributed by atoms with E-state index in [2.05, 4.69) is 5.43 Å². The van der Waals surface area contributed by atoms with E-state index in [4.69, 9.17) is 16.3 Å². The van der Waals surface area contributed by atoms with E-state index in [9.17, 15) is 13.2 Å². The molecular weight excluding hydrogens is 498 g/mol. The Balaban J connectivity index is 1.60. The van der Waals surface area contributed by atoms with E-state index in [1.165, 1.54) is 16.4 Å². The number of hydrogen-bond acceptors (Lipinski definition) is 5. The maximum absolute atomic E-state index is 13.8. The molecular formula is C27H30ClN3O4S. The summed E-state index contributed by atoms with van der Waals surface area (Å²) in [5.41, 5.74) is 5.10. The summed E-state index contributed by atoms with van der Waals surface area (Å²) < 4.78 is 34.5. The van der Waals surface area contributed by atoms with Gasteiger partial charge < -0.3 is 4.74 Å². The number of ether oxygens (including phenoxy) is 1. The lowest BCUT2D eigenvalue weighted by molar-refractivity contribution is 0.0126. The van der Waals surface area contributed by atoms with Gasteiger partial charge in [-0.15, -0.1) is 0 Å². The van der Waals surface area contributed by atoms with Gasteiger partial charge in [-0.3, -0.25) is 10.2 Å². The van der Waals surface area contributed by atoms with Gasteiger partial charge in [0.05, 0.1) is 24.2 Å². The molecule has 1 atom stereocenters. The Kier molecular flexibility index (Phi) is 8.77. The number of carbonyl (C=O) groups excluding carboxylic acids is 1. The number of benzene rings is 3. The summed E-state index contributed by atoms with van der Waals surface area (Å²) in [6, 6.07) is 22.5. The van der Waals surface area contributed by atoms with Gasteiger partial charge in [-0.2, -0.15) is 4.31 Å². The van der Waals surface area contributed by atoms with Crippen molar-refractivity contribution in [2.24, 2.45) is 0 Å². The lowest BCUT2D eigenvalue weighted by Crippen LogP contribution is -2.48. The van der Waals surface area contributed by atoms with Crippen molar-refractivity contribution in [2.45, 2.75) is 30.8 Å². The Hall–Kier alpha value is -2.75. The van der Waals surface area contributed by atoms with Crippen LogP contribution >= 0.6 is 11.6 Å². The second kappa shape index (κ2) is 12.0. The number of halogens is 1. The first-order chi connectivity index (χ1) is 17.4. The van der Waals surface area contributed by atoms with Crippen molar-refractivity contribution >= 4 is 27.5 Å². The highest BCUT2D eigenvalue weighted by atomic mass is 35.5. The van der Waals surface area contributed by atoms with Gasteiger partial charge in [0.25, 0.3) is 5.91 Å². The van der Waals surface area contributed by atoms with Crippen LogP contribution in [0.1, 0.15) is 40.9 Å². The fourth-order valence-electron chi connectivity index (χ4n) is 4.21. The fraction of sp³-hybridized carbons (Fsp3) is 0.296. The van der Waals surface area contributed by atoms with Crippen LogP contribution in [-0.2, 0) is 21.3 Å². The normalized spacial score (nSPS) is 15.5. The summed E-state index contributed by atoms with van der Waals surface area (Å²) in [5, 5.41) is 2.31. The average Bonchev–Trinajstić information content (AvgIpc) is 2.90. The number of hydrazine groups is 1. The van der Waals surface area contributed by atoms with E-state index in [1.807, 2.05) is 42.3 Å². The number of rotatable bonds is 9. The SMILES string of the molecule is CC[C@@H](c1ccccc1)N(Cc1ccc(C(=O)NN2CCOCC2)cc1)S(=O)(=O)c1ccc(Cl)cc1. The quantitative estimate of drug-likeness (QED) is 0.438. The number of nitrogens with zero attached hydrogens (tertiary/aromatic N) is 2. The van der Waals surface area contributed by atoms with Crippen molar-refractivity contribution in [2.75, 3.05) is 26.3 Å². The van der Waals surface area contributed by atoms with Crippen molar-refractivity contribution in [3.63, 3.8) is 0 Å². The molecule has 0 bridgehead atoms. The number of morpholine rings is 1. The van der Waals surface area contributed by atoms with Crippen molar-refractivity contribution in [1.29, 1.82) is 0 Å². The Morgan fingerprint density at radius 2 is 1.64 bits per heavy atom. The molecule has 0 saturated carbocycles. The van der Waals surface area contributed by atoms with E-state index in [1.54, 1.807) is 36.4 Å². The summed E-state index contributed by atoms with van der Waals surface area (Å²) >= 11 is 6.01. The monoisotopic (exact) mass is 527 g/mol. The molecule has 0 aromatic heterocycles. The molecule has 190 valence electrons. The van der Waals surface area contributed by atoms with Crippen LogP contribution in [0.15, 0.2) is 83.8 Å². The third kappa shape index (κ3) is 6.32. The van der Waals surface area contributed by atoms with E-state index in [0.717, 1.165) is 11.1 Å². The van der Waals surface area contributed by atoms with Crippen LogP contribution in [0.2, 0.25) is 5.02 Å². The first kappa shape index (κ1) is 26.3. The van der Waals surface area contributed by atoms with E-state index < -0.39 is 10.0 Å². The predicted molar refractivity (Wildman–Crippen MR) is 140 cm³/mol. The molecule has 9 heteroatoms. The molecule has 3 aromatic carbocycles. The Bertz CT molecular complexity index is 1250. The highest BCUT2D eigenvalue weighted by molar-refractivity contribution is 7.89. The molecule has 0 aliphatic carbocycles. The van der Waals surface area contributed by atoms with Crippen molar-refractivity contribution in [1.82, 2.24) is 14.7 Å². The van der Waals surface area contributed by atoms with Gasteiger partial charge >= 0.3 is 0 Å². The van der Waals surface area contributed by atoms with Crippen LogP contribution in [-0.4, -0.2) is 49.9 Å². The maximum atomic E-state index is 13.8. The second-order valence-corrected chi connectivity index (χ2v) is 10.9. The first-order valence-electron chi connectivity index (χ1n) is 11.9. The standard InChI is InChI=1S/C27H30ClN3O4S/c1-2-26(22-6-4-3-5-7-22)31(36(33,34)25-14-12-24(28)13-15-25)20-21-8-10-23(11-9-21)27(32)29-30-16-18-35-19-17-30/h3-15,26H,2,16-20H2,1H3,(H,29,32)/t26-/m0/s1. The predicted octanol–water partition coefficient (Wildman–Crippen LogP) is 4.66. The molecule has 0 spiro atoms. The molecule has 1 N–H and O–H groups in total. The fourth-order valence-corrected chi connectivity index (χ4v) is 6.01. The summed E-state index contributed by atoms with van der Waals surface area (Å²) in [6.45, 7) is 4.57. The Morgan fingerprint density at radius 3 is 2.25 bits per heavy atom. The molecule has 0 radical (unpaired) electrons. The molecule has 0 unspecified atom stereocenters. The minimum absolute atomic E-state index is 0.156. The summed E-state index contributed by atoms with van der Waals surface area (Å²) in [6.07, 6.45) is 0.594. The number of amides is 1. The zero-order valence-corrected chi connectivity index (χ0v) is 21.7. The molecule has 4 rings (SSSR count). The molecule has 1 fully saturated rings. The Morgan fingerprint density at radius 1 is 1.00 bits per heavy atom. The molecule has 1 aliphatic heterocycles. The molecule has 1 aliphatic rings. The lowest BCUT2D eigenvalue weighted by atomic mass is 10.0. The lowest BCUT2D eigenvalue weighted by Gasteiger charge is -2.31. The largest absolute Gasteiger partial charge is 0.379 e. The van der Waals surface area contributed by atoms with Crippen LogP contribution in [0.4, 0.5) is 0 Å². The van der Waals surface area contributed by atoms with Gasteiger partial charge in [-0.1, -0.05) is 61.0 Å². The van der Waals surface area contributed by atoms with Gasteiger partial charge in [-0.05, 0) is 53.9 Å². The zero-order chi connectivity index (χ0) is 25.5. The summed E-state index contributed by atoms with van der Waals surface area (Å²) in [5.74, 6) is -0.204. The van der Waals surface area contributed by atoms with Gasteiger partial charge in [0.2, 0.25) is 10.0 Å². The molecule has 1 saturated heterocycles. The average molecular weight is 528 g/mol. The summed E-state index contributed by atoms with van der Waals surface area (Å²) in [7, 11) is -3.84. The number of sulfonamides is 1. The Labute approximate surface area is 217 Å². The second-order valence-electron chi connectivity index (χ2n) is 8.58. The molecule has 7 nitrogen and oxygen atoms in total. The number of hydrogen-bond donors (Lipinski definition) is 1. The van der Waals surface area contributed by atoms with Crippen molar-refractivity contribution in [3.8, 4) is 0 Å². The highest BCUT2D eigenvalue weighted by Gasteiger charge is 2.32. The van der Waals surface area contributed by atoms with Crippen LogP contribution in [0.5, 0.6) is 0 Å². The molecule has 36 heavy (non-hydrogen) atoms. The summed E-state index contributed by atoms with van der Waals surface area (Å²) in [4.78, 5) is 12.8. The van der Waals surface area contributed by atoms with E-state index >= 15 is 0 Å². The van der Waals surface area contributed by atoms with Gasteiger partial charge in [-0.25, -0.2) is 13.4 Å². The minimum atomic E-state index is -3.84. The van der Waals surface area contributed by atoms with Gasteiger partial charge in [0.15, 0.2) is 0 Å². The molecule has 1 amide bonds. The topological polar surface area (TPSA) is 79.0 Å². The number of carbonyl (C=O) groups is 1. The highest BCUT2D eigenvalue weighted by Crippen LogP contribution is 2.32. The van der Waals surface area contributed by atoms with Crippen molar-refractivity contribution in [3.05, 3.63) is 101 Å². The van der Waals surface area contributed by atoms with Crippen LogP contribution < -0.4 is 5.43 Å². The molecule has 3 aromatic rings. The third-order valence-electron chi connectivity index (χ3n) is 6.16. The third-order valence-corrected chi connectivity index (χ3v) is 8.29. The smallest absolute Gasteiger partial charge is 0.265 e. The van der Waals surface area contributed by atoms with Crippen LogP contribution in [0.25, 0.3) is 0 Å². The van der Waals surface area contributed by atoms with Crippen LogP contribution in [0.3, 0.4) is 0 Å². The van der Waals surface area contributed by atoms with Gasteiger partial charge in [0.1, 0.15) is 0 Å². The zero-order valence-electron chi connectivity index (χ0n) is 20.1. The van der Waals surface area contributed by atoms with Crippen molar-refractivity contribution < 1.29 is 17.9 Å². The van der Waals surface area contributed by atoms with Gasteiger partial charge in [0, 0.05) is 30.2 Å². The van der Waals surface area contributed by atoms with Crippen LogP contribution in [0, 0.1) is 0 Å². The van der Waals surface area contributed by atoms with E-state index in [0.29, 0.717) is 43.3 Å². The first-order valence-corrected chi connectivity index (χ1v) is 13.8. The minimum Gasteiger partial charge on any atom is -0.379 e. The maximum Gasteiger partial charge on any atom is 0.265 e.